The van der Waals surface area contributed by atoms with Crippen LogP contribution in [0, 0.1) is 0 Å². The SMILES string of the molecule is O=c1c2cccnc2s/c(=N\c2ccc(Cl)cc2)n1CCCCCO. The van der Waals surface area contributed by atoms with E-state index in [9.17, 15) is 4.79 Å². The van der Waals surface area contributed by atoms with Crippen molar-refractivity contribution < 1.29 is 5.11 Å². The summed E-state index contributed by atoms with van der Waals surface area (Å²) in [5.74, 6) is 0. The number of rotatable bonds is 6. The molecule has 25 heavy (non-hydrogen) atoms. The fourth-order valence-corrected chi connectivity index (χ4v) is 3.59. The molecular formula is C18H18ClN3O2S. The summed E-state index contributed by atoms with van der Waals surface area (Å²) in [6.45, 7) is 0.730. The van der Waals surface area contributed by atoms with E-state index in [2.05, 4.69) is 9.98 Å². The van der Waals surface area contributed by atoms with E-state index in [-0.39, 0.29) is 12.2 Å². The number of fused-ring (bicyclic) bond motifs is 1. The Hall–Kier alpha value is -2.02. The fraction of sp³-hybridized carbons (Fsp3) is 0.278. The number of halogens is 1. The Morgan fingerprint density at radius 3 is 2.72 bits per heavy atom. The molecule has 130 valence electrons. The Labute approximate surface area is 153 Å². The highest BCUT2D eigenvalue weighted by Gasteiger charge is 2.08. The van der Waals surface area contributed by atoms with Crippen molar-refractivity contribution in [3.8, 4) is 0 Å². The number of pyridine rings is 1. The minimum Gasteiger partial charge on any atom is -0.396 e. The van der Waals surface area contributed by atoms with Crippen LogP contribution in [0.1, 0.15) is 19.3 Å². The molecule has 0 spiro atoms. The minimum absolute atomic E-state index is 0.0847. The predicted octanol–water partition coefficient (Wildman–Crippen LogP) is 3.51. The maximum absolute atomic E-state index is 12.9. The topological polar surface area (TPSA) is 67.5 Å². The third-order valence-corrected chi connectivity index (χ3v) is 5.02. The summed E-state index contributed by atoms with van der Waals surface area (Å²) < 4.78 is 1.70. The van der Waals surface area contributed by atoms with Crippen molar-refractivity contribution in [3.63, 3.8) is 0 Å². The molecule has 0 aliphatic heterocycles. The summed E-state index contributed by atoms with van der Waals surface area (Å²) in [5, 5.41) is 10.2. The van der Waals surface area contributed by atoms with E-state index in [1.807, 2.05) is 12.1 Å². The maximum atomic E-state index is 12.9. The van der Waals surface area contributed by atoms with E-state index in [1.54, 1.807) is 35.0 Å². The summed E-state index contributed by atoms with van der Waals surface area (Å²) in [6, 6.07) is 10.7. The van der Waals surface area contributed by atoms with Crippen LogP contribution >= 0.6 is 22.9 Å². The Morgan fingerprint density at radius 2 is 1.96 bits per heavy atom. The van der Waals surface area contributed by atoms with E-state index in [0.717, 1.165) is 24.9 Å². The zero-order valence-corrected chi connectivity index (χ0v) is 15.1. The molecule has 0 atom stereocenters. The van der Waals surface area contributed by atoms with Crippen molar-refractivity contribution in [2.75, 3.05) is 6.61 Å². The Balaban J connectivity index is 2.10. The second-order valence-electron chi connectivity index (χ2n) is 5.57. The zero-order chi connectivity index (χ0) is 17.6. The van der Waals surface area contributed by atoms with Gasteiger partial charge in [0.1, 0.15) is 4.83 Å². The molecule has 0 aliphatic carbocycles. The Bertz CT molecular complexity index is 980. The maximum Gasteiger partial charge on any atom is 0.263 e. The number of unbranched alkanes of at least 4 members (excludes halogenated alkanes) is 2. The number of aliphatic hydroxyl groups is 1. The van der Waals surface area contributed by atoms with Crippen molar-refractivity contribution in [1.82, 2.24) is 9.55 Å². The second kappa shape index (κ2) is 8.38. The molecular weight excluding hydrogens is 358 g/mol. The molecule has 7 heteroatoms. The molecule has 0 fully saturated rings. The monoisotopic (exact) mass is 375 g/mol. The Kier molecular flexibility index (Phi) is 5.96. The largest absolute Gasteiger partial charge is 0.396 e. The number of aliphatic hydroxyl groups excluding tert-OH is 1. The van der Waals surface area contributed by atoms with Gasteiger partial charge in [0.15, 0.2) is 4.80 Å². The van der Waals surface area contributed by atoms with Crippen LogP contribution in [0.4, 0.5) is 5.69 Å². The molecule has 0 bridgehead atoms. The summed E-state index contributed by atoms with van der Waals surface area (Å²) >= 11 is 7.32. The highest BCUT2D eigenvalue weighted by molar-refractivity contribution is 7.15. The van der Waals surface area contributed by atoms with Crippen LogP contribution in [-0.4, -0.2) is 21.3 Å². The molecule has 2 aromatic heterocycles. The number of hydrogen-bond acceptors (Lipinski definition) is 5. The van der Waals surface area contributed by atoms with Crippen LogP contribution in [0.2, 0.25) is 5.02 Å². The first kappa shape index (κ1) is 17.8. The minimum atomic E-state index is -0.0847. The third-order valence-electron chi connectivity index (χ3n) is 3.76. The fourth-order valence-electron chi connectivity index (χ4n) is 2.47. The molecule has 3 aromatic rings. The lowest BCUT2D eigenvalue weighted by molar-refractivity contribution is 0.281. The quantitative estimate of drug-likeness (QED) is 0.670. The average molecular weight is 376 g/mol. The van der Waals surface area contributed by atoms with Crippen molar-refractivity contribution >= 4 is 38.8 Å². The molecule has 3 rings (SSSR count). The summed E-state index contributed by atoms with van der Waals surface area (Å²) in [6.07, 6.45) is 4.08. The van der Waals surface area contributed by atoms with Crippen molar-refractivity contribution in [3.05, 3.63) is 62.8 Å². The van der Waals surface area contributed by atoms with Crippen LogP contribution in [-0.2, 0) is 6.54 Å². The number of benzene rings is 1. The first-order chi connectivity index (χ1) is 12.2. The van der Waals surface area contributed by atoms with E-state index >= 15 is 0 Å². The first-order valence-electron chi connectivity index (χ1n) is 8.09. The van der Waals surface area contributed by atoms with E-state index in [1.165, 1.54) is 11.3 Å². The standard InChI is InChI=1S/C18H18ClN3O2S/c19-13-6-8-14(9-7-13)21-18-22(11-2-1-3-12-23)17(24)15-5-4-10-20-16(15)25-18/h4-10,23H,1-3,11-12H2/b21-18-. The number of aromatic nitrogens is 2. The summed E-state index contributed by atoms with van der Waals surface area (Å²) in [7, 11) is 0. The van der Waals surface area contributed by atoms with Crippen LogP contribution in [0.5, 0.6) is 0 Å². The second-order valence-corrected chi connectivity index (χ2v) is 6.96. The highest BCUT2D eigenvalue weighted by Crippen LogP contribution is 2.16. The molecule has 0 unspecified atom stereocenters. The van der Waals surface area contributed by atoms with Gasteiger partial charge >= 0.3 is 0 Å². The number of nitrogens with zero attached hydrogens (tertiary/aromatic N) is 3. The van der Waals surface area contributed by atoms with Crippen LogP contribution < -0.4 is 10.4 Å². The van der Waals surface area contributed by atoms with Crippen LogP contribution in [0.25, 0.3) is 10.2 Å². The van der Waals surface area contributed by atoms with E-state index < -0.39 is 0 Å². The van der Waals surface area contributed by atoms with Crippen molar-refractivity contribution in [2.45, 2.75) is 25.8 Å². The van der Waals surface area contributed by atoms with E-state index in [4.69, 9.17) is 16.7 Å². The van der Waals surface area contributed by atoms with Gasteiger partial charge in [0.25, 0.3) is 5.56 Å². The van der Waals surface area contributed by atoms with Gasteiger partial charge in [0.05, 0.1) is 11.1 Å². The summed E-state index contributed by atoms with van der Waals surface area (Å²) in [5.41, 5.74) is 0.651. The van der Waals surface area contributed by atoms with Crippen molar-refractivity contribution in [1.29, 1.82) is 0 Å². The van der Waals surface area contributed by atoms with Crippen LogP contribution in [0.3, 0.4) is 0 Å². The predicted molar refractivity (Wildman–Crippen MR) is 101 cm³/mol. The highest BCUT2D eigenvalue weighted by atomic mass is 35.5. The Morgan fingerprint density at radius 1 is 1.16 bits per heavy atom. The van der Waals surface area contributed by atoms with Gasteiger partial charge in [0.2, 0.25) is 0 Å². The molecule has 0 saturated heterocycles. The average Bonchev–Trinajstić information content (AvgIpc) is 2.63. The third kappa shape index (κ3) is 4.34. The van der Waals surface area contributed by atoms with Gasteiger partial charge < -0.3 is 5.11 Å². The summed E-state index contributed by atoms with van der Waals surface area (Å²) in [4.78, 5) is 23.1. The molecule has 0 radical (unpaired) electrons. The van der Waals surface area contributed by atoms with E-state index in [0.29, 0.717) is 26.6 Å². The van der Waals surface area contributed by atoms with Gasteiger partial charge in [-0.2, -0.15) is 0 Å². The molecule has 1 N–H and O–H groups in total. The van der Waals surface area contributed by atoms with Gasteiger partial charge in [-0.05, 0) is 55.7 Å². The molecule has 0 amide bonds. The first-order valence-corrected chi connectivity index (χ1v) is 9.28. The molecule has 5 nitrogen and oxygen atoms in total. The normalized spacial score (nSPS) is 12.0. The lowest BCUT2D eigenvalue weighted by Crippen LogP contribution is -2.32. The van der Waals surface area contributed by atoms with Gasteiger partial charge in [-0.15, -0.1) is 0 Å². The number of hydrogen-bond donors (Lipinski definition) is 1. The van der Waals surface area contributed by atoms with Gasteiger partial charge in [-0.3, -0.25) is 9.36 Å². The van der Waals surface area contributed by atoms with Gasteiger partial charge in [-0.25, -0.2) is 9.98 Å². The zero-order valence-electron chi connectivity index (χ0n) is 13.6. The molecule has 0 saturated carbocycles. The van der Waals surface area contributed by atoms with Crippen molar-refractivity contribution in [2.24, 2.45) is 4.99 Å². The molecule has 1 aromatic carbocycles. The molecule has 0 aliphatic rings. The van der Waals surface area contributed by atoms with Crippen LogP contribution in [0.15, 0.2) is 52.4 Å². The van der Waals surface area contributed by atoms with Gasteiger partial charge in [-0.1, -0.05) is 22.9 Å². The lowest BCUT2D eigenvalue weighted by atomic mass is 10.2. The smallest absolute Gasteiger partial charge is 0.263 e. The molecule has 2 heterocycles. The van der Waals surface area contributed by atoms with Gasteiger partial charge in [0, 0.05) is 24.4 Å². The lowest BCUT2D eigenvalue weighted by Gasteiger charge is -2.07.